The number of likely N-dealkylation sites (tertiary alicyclic amines) is 1. The van der Waals surface area contributed by atoms with Crippen molar-refractivity contribution in [3.8, 4) is 0 Å². The lowest BCUT2D eigenvalue weighted by Crippen LogP contribution is -2.30. The molecular weight excluding hydrogens is 296 g/mol. The topological polar surface area (TPSA) is 21.1 Å². The molecule has 6 heteroatoms. The van der Waals surface area contributed by atoms with E-state index < -0.39 is 11.6 Å². The van der Waals surface area contributed by atoms with Crippen molar-refractivity contribution in [3.05, 3.63) is 29.6 Å². The molecule has 1 aliphatic rings. The minimum absolute atomic E-state index is 0.260. The van der Waals surface area contributed by atoms with Crippen LogP contribution in [0.25, 0.3) is 11.0 Å². The number of nitrogens with zero attached hydrogens (tertiary/aromatic N) is 3. The molecule has 1 saturated heterocycles. The zero-order valence-electron chi connectivity index (χ0n) is 12.0. The normalized spacial score (nSPS) is 19.7. The van der Waals surface area contributed by atoms with Crippen LogP contribution in [0.15, 0.2) is 12.1 Å². The highest BCUT2D eigenvalue weighted by Gasteiger charge is 2.25. The lowest BCUT2D eigenvalue weighted by Gasteiger charge is -2.21. The van der Waals surface area contributed by atoms with Crippen LogP contribution in [0, 0.1) is 11.6 Å². The van der Waals surface area contributed by atoms with E-state index in [1.54, 1.807) is 0 Å². The van der Waals surface area contributed by atoms with Gasteiger partial charge in [-0.1, -0.05) is 0 Å². The van der Waals surface area contributed by atoms with Crippen LogP contribution in [0.2, 0.25) is 0 Å². The number of benzene rings is 1. The standard InChI is InChI=1S/C15H18ClF2N3/c1-20-8-2-3-10(20)9-21-13(6-7-16)19-12-5-4-11(17)14(18)15(12)21/h4-5,10H,2-3,6-9H2,1H3. The zero-order chi connectivity index (χ0) is 15.0. The molecule has 1 aromatic carbocycles. The molecule has 0 radical (unpaired) electrons. The molecule has 3 nitrogen and oxygen atoms in total. The van der Waals surface area contributed by atoms with E-state index in [9.17, 15) is 8.78 Å². The van der Waals surface area contributed by atoms with Gasteiger partial charge in [-0.05, 0) is 38.6 Å². The molecule has 0 aliphatic carbocycles. The largest absolute Gasteiger partial charge is 0.324 e. The van der Waals surface area contributed by atoms with Crippen LogP contribution >= 0.6 is 11.6 Å². The van der Waals surface area contributed by atoms with E-state index in [-0.39, 0.29) is 5.52 Å². The summed E-state index contributed by atoms with van der Waals surface area (Å²) in [5.74, 6) is -0.513. The number of fused-ring (bicyclic) bond motifs is 1. The molecule has 1 aromatic heterocycles. The van der Waals surface area contributed by atoms with Gasteiger partial charge in [0.25, 0.3) is 0 Å². The Morgan fingerprint density at radius 1 is 1.38 bits per heavy atom. The SMILES string of the molecule is CN1CCCC1Cn1c(CCCl)nc2ccc(F)c(F)c21. The van der Waals surface area contributed by atoms with Gasteiger partial charge in [-0.2, -0.15) is 0 Å². The summed E-state index contributed by atoms with van der Waals surface area (Å²) in [5.41, 5.74) is 0.755. The molecule has 0 N–H and O–H groups in total. The molecule has 0 amide bonds. The van der Waals surface area contributed by atoms with E-state index in [0.717, 1.165) is 31.3 Å². The quantitative estimate of drug-likeness (QED) is 0.808. The van der Waals surface area contributed by atoms with Gasteiger partial charge in [0.1, 0.15) is 11.3 Å². The summed E-state index contributed by atoms with van der Waals surface area (Å²) >= 11 is 5.82. The van der Waals surface area contributed by atoms with Gasteiger partial charge in [0, 0.05) is 24.9 Å². The first-order chi connectivity index (χ1) is 10.1. The van der Waals surface area contributed by atoms with Crippen molar-refractivity contribution in [1.82, 2.24) is 14.5 Å². The summed E-state index contributed by atoms with van der Waals surface area (Å²) in [4.78, 5) is 6.68. The highest BCUT2D eigenvalue weighted by molar-refractivity contribution is 6.17. The minimum atomic E-state index is -0.833. The van der Waals surface area contributed by atoms with Crippen molar-refractivity contribution in [2.24, 2.45) is 0 Å². The predicted molar refractivity (Wildman–Crippen MR) is 79.7 cm³/mol. The van der Waals surface area contributed by atoms with Gasteiger partial charge >= 0.3 is 0 Å². The van der Waals surface area contributed by atoms with Gasteiger partial charge in [0.2, 0.25) is 0 Å². The molecule has 1 aliphatic heterocycles. The summed E-state index contributed by atoms with van der Waals surface area (Å²) in [5, 5.41) is 0. The molecule has 0 bridgehead atoms. The number of likely N-dealkylation sites (N-methyl/N-ethyl adjacent to an activating group) is 1. The second-order valence-corrected chi connectivity index (χ2v) is 5.96. The number of imidazole rings is 1. The molecule has 21 heavy (non-hydrogen) atoms. The average molecular weight is 314 g/mol. The number of alkyl halides is 1. The lowest BCUT2D eigenvalue weighted by molar-refractivity contribution is 0.281. The number of halogens is 3. The fraction of sp³-hybridized carbons (Fsp3) is 0.533. The molecule has 0 saturated carbocycles. The van der Waals surface area contributed by atoms with Crippen molar-refractivity contribution in [3.63, 3.8) is 0 Å². The summed E-state index contributed by atoms with van der Waals surface area (Å²) in [7, 11) is 2.06. The van der Waals surface area contributed by atoms with Crippen LogP contribution in [0.1, 0.15) is 18.7 Å². The summed E-state index contributed by atoms with van der Waals surface area (Å²) in [6, 6.07) is 2.99. The third-order valence-electron chi connectivity index (χ3n) is 4.26. The van der Waals surface area contributed by atoms with Gasteiger partial charge in [-0.3, -0.25) is 0 Å². The maximum atomic E-state index is 14.2. The summed E-state index contributed by atoms with van der Waals surface area (Å²) < 4.78 is 29.6. The Morgan fingerprint density at radius 2 is 2.19 bits per heavy atom. The lowest BCUT2D eigenvalue weighted by atomic mass is 10.2. The van der Waals surface area contributed by atoms with Gasteiger partial charge in [0.05, 0.1) is 5.52 Å². The fourth-order valence-electron chi connectivity index (χ4n) is 3.10. The molecule has 2 heterocycles. The number of rotatable bonds is 4. The van der Waals surface area contributed by atoms with Crippen LogP contribution in [0.4, 0.5) is 8.78 Å². The Morgan fingerprint density at radius 3 is 2.86 bits per heavy atom. The van der Waals surface area contributed by atoms with E-state index in [4.69, 9.17) is 11.6 Å². The Balaban J connectivity index is 2.08. The molecule has 1 unspecified atom stereocenters. The van der Waals surface area contributed by atoms with Gasteiger partial charge in [0.15, 0.2) is 11.6 Å². The molecule has 2 aromatic rings. The first-order valence-corrected chi connectivity index (χ1v) is 7.74. The summed E-state index contributed by atoms with van der Waals surface area (Å²) in [6.45, 7) is 1.67. The maximum Gasteiger partial charge on any atom is 0.184 e. The van der Waals surface area contributed by atoms with Gasteiger partial charge < -0.3 is 9.47 Å². The van der Waals surface area contributed by atoms with Crippen LogP contribution in [0.3, 0.4) is 0 Å². The summed E-state index contributed by atoms with van der Waals surface area (Å²) in [6.07, 6.45) is 2.75. The Kier molecular flexibility index (Phi) is 4.13. The van der Waals surface area contributed by atoms with E-state index in [0.29, 0.717) is 30.4 Å². The maximum absolute atomic E-state index is 14.2. The number of hydrogen-bond donors (Lipinski definition) is 0. The minimum Gasteiger partial charge on any atom is -0.324 e. The molecular formula is C15H18ClF2N3. The van der Waals surface area contributed by atoms with Gasteiger partial charge in [-0.15, -0.1) is 11.6 Å². The predicted octanol–water partition coefficient (Wildman–Crippen LogP) is 3.19. The molecule has 3 rings (SSSR count). The second-order valence-electron chi connectivity index (χ2n) is 5.58. The number of aromatic nitrogens is 2. The number of hydrogen-bond acceptors (Lipinski definition) is 2. The molecule has 0 spiro atoms. The average Bonchev–Trinajstić information content (AvgIpc) is 3.01. The highest BCUT2D eigenvalue weighted by Crippen LogP contribution is 2.25. The van der Waals surface area contributed by atoms with E-state index >= 15 is 0 Å². The Hall–Kier alpha value is -1.20. The van der Waals surface area contributed by atoms with Crippen LogP contribution < -0.4 is 0 Å². The second kappa shape index (κ2) is 5.89. The zero-order valence-corrected chi connectivity index (χ0v) is 12.7. The van der Waals surface area contributed by atoms with E-state index in [1.165, 1.54) is 6.07 Å². The van der Waals surface area contributed by atoms with Crippen molar-refractivity contribution in [2.45, 2.75) is 31.8 Å². The van der Waals surface area contributed by atoms with Crippen LogP contribution in [0.5, 0.6) is 0 Å². The third kappa shape index (κ3) is 2.64. The highest BCUT2D eigenvalue weighted by atomic mass is 35.5. The monoisotopic (exact) mass is 313 g/mol. The van der Waals surface area contributed by atoms with Crippen LogP contribution in [-0.4, -0.2) is 40.0 Å². The molecule has 1 atom stereocenters. The molecule has 1 fully saturated rings. The van der Waals surface area contributed by atoms with Crippen molar-refractivity contribution < 1.29 is 8.78 Å². The first-order valence-electron chi connectivity index (χ1n) is 7.21. The van der Waals surface area contributed by atoms with Gasteiger partial charge in [-0.25, -0.2) is 13.8 Å². The van der Waals surface area contributed by atoms with Crippen molar-refractivity contribution in [2.75, 3.05) is 19.5 Å². The van der Waals surface area contributed by atoms with Crippen molar-refractivity contribution >= 4 is 22.6 Å². The Bertz CT molecular complexity index is 656. The first kappa shape index (κ1) is 14.7. The van der Waals surface area contributed by atoms with E-state index in [1.807, 2.05) is 4.57 Å². The third-order valence-corrected chi connectivity index (χ3v) is 4.45. The molecule has 114 valence electrons. The van der Waals surface area contributed by atoms with Crippen LogP contribution in [-0.2, 0) is 13.0 Å². The fourth-order valence-corrected chi connectivity index (χ4v) is 3.27. The number of aryl methyl sites for hydroxylation is 1. The van der Waals surface area contributed by atoms with E-state index in [2.05, 4.69) is 16.9 Å². The smallest absolute Gasteiger partial charge is 0.184 e. The Labute approximate surface area is 127 Å². The van der Waals surface area contributed by atoms with Crippen molar-refractivity contribution in [1.29, 1.82) is 0 Å².